The molecule has 0 atom stereocenters. The maximum atomic E-state index is 13.7. The van der Waals surface area contributed by atoms with Gasteiger partial charge in [-0.15, -0.1) is 0 Å². The van der Waals surface area contributed by atoms with Crippen LogP contribution < -0.4 is 5.32 Å². The quantitative estimate of drug-likeness (QED) is 0.836. The molecular formula is C14H17F2N3O2. The molecule has 0 saturated carbocycles. The number of benzene rings is 1. The van der Waals surface area contributed by atoms with E-state index in [9.17, 15) is 13.6 Å². The zero-order chi connectivity index (χ0) is 15.8. The highest BCUT2D eigenvalue weighted by molar-refractivity contribution is 5.94. The molecule has 1 aromatic carbocycles. The van der Waals surface area contributed by atoms with Crippen molar-refractivity contribution in [1.82, 2.24) is 4.90 Å². The summed E-state index contributed by atoms with van der Waals surface area (Å²) in [6, 6.07) is 3.88. The average molecular weight is 297 g/mol. The lowest BCUT2D eigenvalue weighted by Gasteiger charge is -2.21. The van der Waals surface area contributed by atoms with Crippen molar-refractivity contribution in [2.75, 3.05) is 39.2 Å². The van der Waals surface area contributed by atoms with Gasteiger partial charge >= 0.3 is 0 Å². The summed E-state index contributed by atoms with van der Waals surface area (Å²) >= 11 is 0. The first kappa shape index (κ1) is 16.9. The standard InChI is InChI=1S/C14H17F2N3O2/c1-18-13-11(15)8-10(9-12(13)16)14(20)19(5-3-4-17)6-7-21-2/h8-9,18H,3,5-7H2,1-2H3. The van der Waals surface area contributed by atoms with Gasteiger partial charge in [-0.05, 0) is 12.1 Å². The average Bonchev–Trinajstić information content (AvgIpc) is 2.46. The summed E-state index contributed by atoms with van der Waals surface area (Å²) in [4.78, 5) is 13.6. The second-order valence-electron chi connectivity index (χ2n) is 4.26. The van der Waals surface area contributed by atoms with Gasteiger partial charge in [0, 0.05) is 32.8 Å². The Morgan fingerprint density at radius 2 is 2.00 bits per heavy atom. The maximum Gasteiger partial charge on any atom is 0.254 e. The Morgan fingerprint density at radius 3 is 2.48 bits per heavy atom. The SMILES string of the molecule is CNc1c(F)cc(C(=O)N(CCC#N)CCOC)cc1F. The fraction of sp³-hybridized carbons (Fsp3) is 0.429. The third-order valence-electron chi connectivity index (χ3n) is 2.89. The molecule has 5 nitrogen and oxygen atoms in total. The van der Waals surface area contributed by atoms with Crippen molar-refractivity contribution in [2.45, 2.75) is 6.42 Å². The van der Waals surface area contributed by atoms with Crippen LogP contribution in [0.3, 0.4) is 0 Å². The van der Waals surface area contributed by atoms with E-state index in [4.69, 9.17) is 10.00 Å². The van der Waals surface area contributed by atoms with Crippen LogP contribution >= 0.6 is 0 Å². The molecule has 1 rings (SSSR count). The number of amides is 1. The van der Waals surface area contributed by atoms with Crippen molar-refractivity contribution < 1.29 is 18.3 Å². The van der Waals surface area contributed by atoms with Gasteiger partial charge in [-0.2, -0.15) is 5.26 Å². The van der Waals surface area contributed by atoms with Crippen LogP contribution in [0.25, 0.3) is 0 Å². The van der Waals surface area contributed by atoms with Gasteiger partial charge in [0.2, 0.25) is 0 Å². The van der Waals surface area contributed by atoms with Gasteiger partial charge in [0.1, 0.15) is 17.3 Å². The van der Waals surface area contributed by atoms with E-state index in [0.29, 0.717) is 0 Å². The molecule has 1 N–H and O–H groups in total. The molecule has 0 bridgehead atoms. The molecule has 0 unspecified atom stereocenters. The molecule has 0 radical (unpaired) electrons. The number of methoxy groups -OCH3 is 1. The lowest BCUT2D eigenvalue weighted by Crippen LogP contribution is -2.34. The molecule has 114 valence electrons. The summed E-state index contributed by atoms with van der Waals surface area (Å²) in [5.41, 5.74) is -0.384. The molecule has 1 amide bonds. The predicted molar refractivity (Wildman–Crippen MR) is 73.9 cm³/mol. The highest BCUT2D eigenvalue weighted by Crippen LogP contribution is 2.21. The Hall–Kier alpha value is -2.20. The fourth-order valence-corrected chi connectivity index (χ4v) is 1.82. The number of halogens is 2. The van der Waals surface area contributed by atoms with E-state index in [2.05, 4.69) is 5.32 Å². The number of nitrogens with zero attached hydrogens (tertiary/aromatic N) is 2. The highest BCUT2D eigenvalue weighted by Gasteiger charge is 2.19. The van der Waals surface area contributed by atoms with E-state index >= 15 is 0 Å². The van der Waals surface area contributed by atoms with E-state index < -0.39 is 17.5 Å². The molecule has 0 aromatic heterocycles. The molecule has 0 heterocycles. The van der Waals surface area contributed by atoms with Crippen molar-refractivity contribution in [2.24, 2.45) is 0 Å². The summed E-state index contributed by atoms with van der Waals surface area (Å²) in [7, 11) is 2.87. The minimum atomic E-state index is -0.840. The number of rotatable bonds is 7. The molecule has 0 aliphatic rings. The van der Waals surface area contributed by atoms with Crippen LogP contribution in [-0.4, -0.2) is 44.7 Å². The number of ether oxygens (including phenoxy) is 1. The molecule has 0 aliphatic carbocycles. The van der Waals surface area contributed by atoms with Crippen molar-refractivity contribution in [3.05, 3.63) is 29.3 Å². The predicted octanol–water partition coefficient (Wildman–Crippen LogP) is 2.01. The lowest BCUT2D eigenvalue weighted by atomic mass is 10.1. The van der Waals surface area contributed by atoms with Crippen LogP contribution in [0, 0.1) is 23.0 Å². The third-order valence-corrected chi connectivity index (χ3v) is 2.89. The topological polar surface area (TPSA) is 65.4 Å². The van der Waals surface area contributed by atoms with E-state index in [0.717, 1.165) is 12.1 Å². The van der Waals surface area contributed by atoms with Gasteiger partial charge in [-0.3, -0.25) is 4.79 Å². The normalized spacial score (nSPS) is 10.0. The number of nitrogens with one attached hydrogen (secondary N) is 1. The van der Waals surface area contributed by atoms with Crippen LogP contribution in [0.5, 0.6) is 0 Å². The minimum absolute atomic E-state index is 0.0990. The summed E-state index contributed by atoms with van der Waals surface area (Å²) in [5.74, 6) is -2.22. The van der Waals surface area contributed by atoms with Gasteiger partial charge in [-0.1, -0.05) is 0 Å². The van der Waals surface area contributed by atoms with Gasteiger partial charge in [0.15, 0.2) is 0 Å². The molecule has 7 heteroatoms. The van der Waals surface area contributed by atoms with Crippen LogP contribution in [0.1, 0.15) is 16.8 Å². The summed E-state index contributed by atoms with van der Waals surface area (Å²) in [6.07, 6.45) is 0.134. The van der Waals surface area contributed by atoms with Crippen LogP contribution in [0.15, 0.2) is 12.1 Å². The number of anilines is 1. The Balaban J connectivity index is 3.00. The Bertz CT molecular complexity index is 521. The second-order valence-corrected chi connectivity index (χ2v) is 4.26. The minimum Gasteiger partial charge on any atom is -0.383 e. The summed E-state index contributed by atoms with van der Waals surface area (Å²) in [6.45, 7) is 0.695. The molecule has 0 spiro atoms. The Labute approximate surface area is 122 Å². The maximum absolute atomic E-state index is 13.7. The first-order chi connectivity index (χ1) is 10.0. The van der Waals surface area contributed by atoms with Crippen LogP contribution in [0.2, 0.25) is 0 Å². The van der Waals surface area contributed by atoms with Crippen molar-refractivity contribution in [3.63, 3.8) is 0 Å². The first-order valence-corrected chi connectivity index (χ1v) is 6.37. The van der Waals surface area contributed by atoms with Gasteiger partial charge < -0.3 is 15.0 Å². The van der Waals surface area contributed by atoms with E-state index in [1.165, 1.54) is 19.1 Å². The number of carbonyl (C=O) groups excluding carboxylic acids is 1. The Kier molecular flexibility index (Phi) is 6.56. The first-order valence-electron chi connectivity index (χ1n) is 6.37. The highest BCUT2D eigenvalue weighted by atomic mass is 19.1. The number of hydrogen-bond acceptors (Lipinski definition) is 4. The van der Waals surface area contributed by atoms with Crippen molar-refractivity contribution in [3.8, 4) is 6.07 Å². The third kappa shape index (κ3) is 4.39. The van der Waals surface area contributed by atoms with Gasteiger partial charge in [-0.25, -0.2) is 8.78 Å². The van der Waals surface area contributed by atoms with E-state index in [1.54, 1.807) is 0 Å². The number of carbonyl (C=O) groups is 1. The monoisotopic (exact) mass is 297 g/mol. The Morgan fingerprint density at radius 1 is 1.38 bits per heavy atom. The summed E-state index contributed by atoms with van der Waals surface area (Å²) < 4.78 is 32.3. The molecule has 1 aromatic rings. The van der Waals surface area contributed by atoms with Crippen molar-refractivity contribution >= 4 is 11.6 Å². The van der Waals surface area contributed by atoms with Crippen LogP contribution in [-0.2, 0) is 4.74 Å². The molecular weight excluding hydrogens is 280 g/mol. The number of hydrogen-bond donors (Lipinski definition) is 1. The van der Waals surface area contributed by atoms with E-state index in [-0.39, 0.29) is 37.4 Å². The van der Waals surface area contributed by atoms with Gasteiger partial charge in [0.25, 0.3) is 5.91 Å². The molecule has 0 aliphatic heterocycles. The molecule has 0 saturated heterocycles. The fourth-order valence-electron chi connectivity index (χ4n) is 1.82. The summed E-state index contributed by atoms with van der Waals surface area (Å²) in [5, 5.41) is 11.0. The zero-order valence-electron chi connectivity index (χ0n) is 11.9. The van der Waals surface area contributed by atoms with E-state index in [1.807, 2.05) is 6.07 Å². The largest absolute Gasteiger partial charge is 0.383 e. The lowest BCUT2D eigenvalue weighted by molar-refractivity contribution is 0.0699. The van der Waals surface area contributed by atoms with Crippen molar-refractivity contribution in [1.29, 1.82) is 5.26 Å². The number of nitriles is 1. The smallest absolute Gasteiger partial charge is 0.254 e. The molecule has 0 fully saturated rings. The second kappa shape index (κ2) is 8.17. The van der Waals surface area contributed by atoms with Crippen LogP contribution in [0.4, 0.5) is 14.5 Å². The van der Waals surface area contributed by atoms with Gasteiger partial charge in [0.05, 0.1) is 19.1 Å². The molecule has 21 heavy (non-hydrogen) atoms. The zero-order valence-corrected chi connectivity index (χ0v) is 11.9.